The number of rotatable bonds is 4. The van der Waals surface area contributed by atoms with Gasteiger partial charge in [-0.05, 0) is 23.8 Å². The van der Waals surface area contributed by atoms with Crippen LogP contribution >= 0.6 is 0 Å². The largest absolute Gasteiger partial charge is 0.381 e. The van der Waals surface area contributed by atoms with Crippen molar-refractivity contribution in [2.75, 3.05) is 5.32 Å². The summed E-state index contributed by atoms with van der Waals surface area (Å²) in [6.45, 7) is 0.743. The Morgan fingerprint density at radius 2 is 2.15 bits per heavy atom. The van der Waals surface area contributed by atoms with Crippen LogP contribution in [0, 0.1) is 0 Å². The topological polar surface area (TPSA) is 55.6 Å². The van der Waals surface area contributed by atoms with E-state index in [0.717, 1.165) is 29.2 Å². The third kappa shape index (κ3) is 2.83. The number of aryl methyl sites for hydroxylation is 1. The van der Waals surface area contributed by atoms with Gasteiger partial charge in [0.05, 0.1) is 0 Å². The van der Waals surface area contributed by atoms with Gasteiger partial charge in [-0.2, -0.15) is 5.10 Å². The molecule has 100 valence electrons. The van der Waals surface area contributed by atoms with Crippen LogP contribution < -0.4 is 5.32 Å². The summed E-state index contributed by atoms with van der Waals surface area (Å²) in [5, 5.41) is 7.68. The monoisotopic (exact) mass is 265 g/mol. The van der Waals surface area contributed by atoms with Gasteiger partial charge in [-0.15, -0.1) is 0 Å². The Morgan fingerprint density at radius 1 is 1.20 bits per heavy atom. The summed E-state index contributed by atoms with van der Waals surface area (Å²) < 4.78 is 1.70. The van der Waals surface area contributed by atoms with E-state index in [1.54, 1.807) is 17.2 Å². The van der Waals surface area contributed by atoms with Crippen molar-refractivity contribution in [2.45, 2.75) is 6.54 Å². The molecule has 0 fully saturated rings. The van der Waals surface area contributed by atoms with Crippen LogP contribution in [-0.4, -0.2) is 19.7 Å². The molecule has 1 aromatic carbocycles. The molecule has 0 saturated carbocycles. The van der Waals surface area contributed by atoms with E-state index in [4.69, 9.17) is 0 Å². The first-order valence-corrected chi connectivity index (χ1v) is 6.40. The molecule has 5 heteroatoms. The van der Waals surface area contributed by atoms with Crippen LogP contribution in [0.2, 0.25) is 0 Å². The van der Waals surface area contributed by atoms with E-state index in [-0.39, 0.29) is 0 Å². The summed E-state index contributed by atoms with van der Waals surface area (Å²) in [6.07, 6.45) is 5.33. The summed E-state index contributed by atoms with van der Waals surface area (Å²) in [4.78, 5) is 8.36. The Bertz CT molecular complexity index is 690. The van der Waals surface area contributed by atoms with Crippen LogP contribution in [0.15, 0.2) is 55.1 Å². The van der Waals surface area contributed by atoms with Crippen molar-refractivity contribution in [2.24, 2.45) is 7.05 Å². The zero-order valence-electron chi connectivity index (χ0n) is 11.2. The van der Waals surface area contributed by atoms with Crippen molar-refractivity contribution in [1.29, 1.82) is 0 Å². The van der Waals surface area contributed by atoms with E-state index in [1.807, 2.05) is 49.6 Å². The molecule has 0 aliphatic rings. The number of hydrogen-bond acceptors (Lipinski definition) is 4. The lowest BCUT2D eigenvalue weighted by atomic mass is 10.2. The van der Waals surface area contributed by atoms with Crippen LogP contribution in [0.3, 0.4) is 0 Å². The van der Waals surface area contributed by atoms with Crippen LogP contribution in [-0.2, 0) is 13.6 Å². The molecule has 3 rings (SSSR count). The molecule has 0 radical (unpaired) electrons. The minimum atomic E-state index is 0.734. The van der Waals surface area contributed by atoms with Gasteiger partial charge in [0.15, 0.2) is 5.82 Å². The van der Waals surface area contributed by atoms with Gasteiger partial charge >= 0.3 is 0 Å². The third-order valence-corrected chi connectivity index (χ3v) is 2.94. The molecule has 2 aromatic heterocycles. The smallest absolute Gasteiger partial charge is 0.181 e. The van der Waals surface area contributed by atoms with E-state index in [1.165, 1.54) is 0 Å². The lowest BCUT2D eigenvalue weighted by Crippen LogP contribution is -1.99. The Hall–Kier alpha value is -2.69. The zero-order valence-corrected chi connectivity index (χ0v) is 11.2. The highest BCUT2D eigenvalue weighted by atomic mass is 15.3. The predicted octanol–water partition coefficient (Wildman–Crippen LogP) is 2.49. The highest BCUT2D eigenvalue weighted by Crippen LogP contribution is 2.19. The minimum absolute atomic E-state index is 0.734. The van der Waals surface area contributed by atoms with Gasteiger partial charge in [0, 0.05) is 37.2 Å². The van der Waals surface area contributed by atoms with Gasteiger partial charge in [0.1, 0.15) is 6.33 Å². The van der Waals surface area contributed by atoms with E-state index in [2.05, 4.69) is 20.4 Å². The Balaban J connectivity index is 1.75. The molecular weight excluding hydrogens is 250 g/mol. The summed E-state index contributed by atoms with van der Waals surface area (Å²) >= 11 is 0. The number of nitrogens with one attached hydrogen (secondary N) is 1. The number of aromatic nitrogens is 4. The normalized spacial score (nSPS) is 10.4. The summed E-state index contributed by atoms with van der Waals surface area (Å²) in [7, 11) is 1.86. The molecule has 0 spiro atoms. The Labute approximate surface area is 117 Å². The Morgan fingerprint density at radius 3 is 2.90 bits per heavy atom. The summed E-state index contributed by atoms with van der Waals surface area (Å²) in [5.74, 6) is 0.734. The van der Waals surface area contributed by atoms with Crippen molar-refractivity contribution < 1.29 is 0 Å². The van der Waals surface area contributed by atoms with E-state index in [0.29, 0.717) is 0 Å². The Kier molecular flexibility index (Phi) is 3.41. The van der Waals surface area contributed by atoms with Gasteiger partial charge in [-0.1, -0.05) is 18.2 Å². The molecule has 2 heterocycles. The summed E-state index contributed by atoms with van der Waals surface area (Å²) in [5.41, 5.74) is 3.19. The highest BCUT2D eigenvalue weighted by Gasteiger charge is 2.03. The van der Waals surface area contributed by atoms with Crippen molar-refractivity contribution in [1.82, 2.24) is 19.7 Å². The van der Waals surface area contributed by atoms with Crippen LogP contribution in [0.5, 0.6) is 0 Å². The standard InChI is InChI=1S/C15H15N5/c1-20-11-18-15(19-20)13-5-2-6-14(8-13)17-10-12-4-3-7-16-9-12/h2-9,11,17H,10H2,1H3. The van der Waals surface area contributed by atoms with Gasteiger partial charge in [-0.25, -0.2) is 4.98 Å². The molecule has 1 N–H and O–H groups in total. The first-order valence-electron chi connectivity index (χ1n) is 6.40. The van der Waals surface area contributed by atoms with Crippen LogP contribution in [0.1, 0.15) is 5.56 Å². The maximum atomic E-state index is 4.31. The molecule has 0 bridgehead atoms. The minimum Gasteiger partial charge on any atom is -0.381 e. The van der Waals surface area contributed by atoms with Gasteiger partial charge in [0.2, 0.25) is 0 Å². The predicted molar refractivity (Wildman–Crippen MR) is 78.0 cm³/mol. The van der Waals surface area contributed by atoms with E-state index in [9.17, 15) is 0 Å². The second-order valence-corrected chi connectivity index (χ2v) is 4.54. The fourth-order valence-electron chi connectivity index (χ4n) is 1.95. The van der Waals surface area contributed by atoms with Crippen molar-refractivity contribution in [3.05, 3.63) is 60.7 Å². The quantitative estimate of drug-likeness (QED) is 0.787. The molecule has 0 aliphatic carbocycles. The first kappa shape index (κ1) is 12.3. The molecule has 0 amide bonds. The molecule has 5 nitrogen and oxygen atoms in total. The number of anilines is 1. The lowest BCUT2D eigenvalue weighted by Gasteiger charge is -2.07. The van der Waals surface area contributed by atoms with E-state index >= 15 is 0 Å². The molecule has 0 unspecified atom stereocenters. The highest BCUT2D eigenvalue weighted by molar-refractivity contribution is 5.62. The average molecular weight is 265 g/mol. The van der Waals surface area contributed by atoms with Gasteiger partial charge in [-0.3, -0.25) is 9.67 Å². The van der Waals surface area contributed by atoms with Crippen molar-refractivity contribution in [3.8, 4) is 11.4 Å². The van der Waals surface area contributed by atoms with Crippen LogP contribution in [0.4, 0.5) is 5.69 Å². The number of benzene rings is 1. The van der Waals surface area contributed by atoms with Gasteiger partial charge in [0.25, 0.3) is 0 Å². The molecule has 0 aliphatic heterocycles. The number of hydrogen-bond donors (Lipinski definition) is 1. The SMILES string of the molecule is Cn1cnc(-c2cccc(NCc3cccnc3)c2)n1. The second kappa shape index (κ2) is 5.52. The molecular formula is C15H15N5. The number of pyridine rings is 1. The zero-order chi connectivity index (χ0) is 13.8. The fourth-order valence-corrected chi connectivity index (χ4v) is 1.95. The first-order chi connectivity index (χ1) is 9.81. The summed E-state index contributed by atoms with van der Waals surface area (Å²) in [6, 6.07) is 12.1. The fraction of sp³-hybridized carbons (Fsp3) is 0.133. The molecule has 0 atom stereocenters. The van der Waals surface area contributed by atoms with Crippen LogP contribution in [0.25, 0.3) is 11.4 Å². The molecule has 3 aromatic rings. The van der Waals surface area contributed by atoms with Crippen molar-refractivity contribution in [3.63, 3.8) is 0 Å². The number of nitrogens with zero attached hydrogens (tertiary/aromatic N) is 4. The molecule has 0 saturated heterocycles. The average Bonchev–Trinajstić information content (AvgIpc) is 2.93. The lowest BCUT2D eigenvalue weighted by molar-refractivity contribution is 0.768. The maximum Gasteiger partial charge on any atom is 0.181 e. The van der Waals surface area contributed by atoms with Crippen molar-refractivity contribution >= 4 is 5.69 Å². The third-order valence-electron chi connectivity index (χ3n) is 2.94. The van der Waals surface area contributed by atoms with E-state index < -0.39 is 0 Å². The molecule has 20 heavy (non-hydrogen) atoms. The van der Waals surface area contributed by atoms with Gasteiger partial charge < -0.3 is 5.32 Å². The maximum absolute atomic E-state index is 4.31. The second-order valence-electron chi connectivity index (χ2n) is 4.54.